The second kappa shape index (κ2) is 7.66. The third-order valence-corrected chi connectivity index (χ3v) is 5.08. The van der Waals surface area contributed by atoms with E-state index < -0.39 is 6.04 Å². The van der Waals surface area contributed by atoms with Gasteiger partial charge in [0.2, 0.25) is 0 Å². The monoisotopic (exact) mass is 368 g/mol. The Kier molecular flexibility index (Phi) is 5.32. The number of thiazole rings is 1. The maximum Gasteiger partial charge on any atom is 0.328 e. The van der Waals surface area contributed by atoms with Gasteiger partial charge in [0.05, 0.1) is 16.8 Å². The van der Waals surface area contributed by atoms with Crippen LogP contribution < -0.4 is 4.80 Å². The summed E-state index contributed by atoms with van der Waals surface area (Å²) in [6.07, 6.45) is 0. The molecule has 3 aromatic rings. The zero-order valence-electron chi connectivity index (χ0n) is 14.9. The molecule has 0 fully saturated rings. The van der Waals surface area contributed by atoms with Gasteiger partial charge in [-0.2, -0.15) is 4.99 Å². The number of carbonyl (C=O) groups excluding carboxylic acids is 2. The molecule has 0 saturated carbocycles. The summed E-state index contributed by atoms with van der Waals surface area (Å²) in [5.41, 5.74) is 2.45. The molecule has 0 aliphatic carbocycles. The van der Waals surface area contributed by atoms with Gasteiger partial charge in [-0.05, 0) is 45.0 Å². The van der Waals surface area contributed by atoms with Gasteiger partial charge in [-0.25, -0.2) is 4.79 Å². The third kappa shape index (κ3) is 3.60. The van der Waals surface area contributed by atoms with Crippen molar-refractivity contribution >= 4 is 33.4 Å². The second-order valence-electron chi connectivity index (χ2n) is 5.93. The predicted molar refractivity (Wildman–Crippen MR) is 102 cm³/mol. The summed E-state index contributed by atoms with van der Waals surface area (Å²) in [4.78, 5) is 29.6. The van der Waals surface area contributed by atoms with Crippen molar-refractivity contribution in [1.29, 1.82) is 0 Å². The average Bonchev–Trinajstić information content (AvgIpc) is 2.99. The number of carbonyl (C=O) groups is 2. The van der Waals surface area contributed by atoms with Gasteiger partial charge < -0.3 is 9.30 Å². The van der Waals surface area contributed by atoms with Gasteiger partial charge in [0.15, 0.2) is 4.80 Å². The number of aromatic nitrogens is 1. The van der Waals surface area contributed by atoms with Crippen LogP contribution in [0, 0.1) is 6.92 Å². The van der Waals surface area contributed by atoms with Gasteiger partial charge in [-0.1, -0.05) is 41.2 Å². The first-order chi connectivity index (χ1) is 12.5. The van der Waals surface area contributed by atoms with E-state index in [0.717, 1.165) is 15.8 Å². The minimum Gasteiger partial charge on any atom is -0.464 e. The number of hydrogen-bond donors (Lipinski definition) is 0. The molecule has 26 heavy (non-hydrogen) atoms. The molecule has 1 amide bonds. The van der Waals surface area contributed by atoms with Crippen LogP contribution in [0.4, 0.5) is 0 Å². The number of benzene rings is 2. The Morgan fingerprint density at radius 1 is 1.15 bits per heavy atom. The summed E-state index contributed by atoms with van der Waals surface area (Å²) < 4.78 is 7.88. The van der Waals surface area contributed by atoms with Crippen molar-refractivity contribution in [2.75, 3.05) is 6.61 Å². The zero-order valence-corrected chi connectivity index (χ0v) is 15.7. The van der Waals surface area contributed by atoms with Crippen molar-refractivity contribution in [2.24, 2.45) is 4.99 Å². The van der Waals surface area contributed by atoms with Crippen molar-refractivity contribution in [3.63, 3.8) is 0 Å². The lowest BCUT2D eigenvalue weighted by Gasteiger charge is -2.13. The number of ether oxygens (including phenoxy) is 1. The van der Waals surface area contributed by atoms with Crippen LogP contribution in [0.2, 0.25) is 0 Å². The standard InChI is InChI=1S/C20H20N2O3S/c1-4-25-19(24)14(3)22-16-7-5-6-8-17(16)26-20(22)21-18(23)15-11-9-13(2)10-12-15/h5-12,14H,4H2,1-3H3. The molecule has 0 N–H and O–H groups in total. The summed E-state index contributed by atoms with van der Waals surface area (Å²) in [5, 5.41) is 0. The molecule has 0 radical (unpaired) electrons. The Balaban J connectivity index is 2.12. The third-order valence-electron chi connectivity index (χ3n) is 4.04. The van der Waals surface area contributed by atoms with Crippen LogP contribution in [-0.2, 0) is 9.53 Å². The van der Waals surface area contributed by atoms with E-state index in [4.69, 9.17) is 4.74 Å². The largest absolute Gasteiger partial charge is 0.464 e. The van der Waals surface area contributed by atoms with Crippen molar-refractivity contribution in [2.45, 2.75) is 26.8 Å². The fourth-order valence-corrected chi connectivity index (χ4v) is 3.76. The van der Waals surface area contributed by atoms with E-state index in [1.807, 2.05) is 43.3 Å². The van der Waals surface area contributed by atoms with Crippen LogP contribution in [0.5, 0.6) is 0 Å². The Morgan fingerprint density at radius 2 is 1.85 bits per heavy atom. The number of aryl methyl sites for hydroxylation is 1. The molecule has 1 atom stereocenters. The molecule has 1 unspecified atom stereocenters. The predicted octanol–water partition coefficient (Wildman–Crippen LogP) is 3.88. The topological polar surface area (TPSA) is 60.7 Å². The van der Waals surface area contributed by atoms with E-state index in [0.29, 0.717) is 17.0 Å². The van der Waals surface area contributed by atoms with Crippen LogP contribution in [0.15, 0.2) is 53.5 Å². The molecule has 1 aromatic heterocycles. The fraction of sp³-hybridized carbons (Fsp3) is 0.250. The van der Waals surface area contributed by atoms with Crippen LogP contribution in [0.1, 0.15) is 35.8 Å². The highest BCUT2D eigenvalue weighted by atomic mass is 32.1. The number of esters is 1. The Hall–Kier alpha value is -2.73. The Labute approximate surface area is 155 Å². The lowest BCUT2D eigenvalue weighted by atomic mass is 10.1. The van der Waals surface area contributed by atoms with Gasteiger partial charge >= 0.3 is 5.97 Å². The molecule has 1 heterocycles. The molecular weight excluding hydrogens is 348 g/mol. The first-order valence-electron chi connectivity index (χ1n) is 8.43. The van der Waals surface area contributed by atoms with E-state index in [2.05, 4.69) is 4.99 Å². The maximum atomic E-state index is 12.6. The number of amides is 1. The Bertz CT molecular complexity index is 1020. The first kappa shape index (κ1) is 18.1. The molecular formula is C20H20N2O3S. The molecule has 0 saturated heterocycles. The van der Waals surface area contributed by atoms with E-state index in [1.165, 1.54) is 11.3 Å². The van der Waals surface area contributed by atoms with Gasteiger partial charge in [-0.3, -0.25) is 4.79 Å². The van der Waals surface area contributed by atoms with Gasteiger partial charge in [-0.15, -0.1) is 0 Å². The van der Waals surface area contributed by atoms with Crippen LogP contribution in [0.25, 0.3) is 10.2 Å². The Morgan fingerprint density at radius 3 is 2.54 bits per heavy atom. The van der Waals surface area contributed by atoms with E-state index in [-0.39, 0.29) is 11.9 Å². The first-order valence-corrected chi connectivity index (χ1v) is 9.25. The van der Waals surface area contributed by atoms with Gasteiger partial charge in [0, 0.05) is 5.56 Å². The van der Waals surface area contributed by atoms with Gasteiger partial charge in [0.1, 0.15) is 6.04 Å². The smallest absolute Gasteiger partial charge is 0.328 e. The van der Waals surface area contributed by atoms with Crippen molar-refractivity contribution in [3.8, 4) is 0 Å². The van der Waals surface area contributed by atoms with E-state index >= 15 is 0 Å². The van der Waals surface area contributed by atoms with Gasteiger partial charge in [0.25, 0.3) is 5.91 Å². The lowest BCUT2D eigenvalue weighted by molar-refractivity contribution is -0.146. The molecule has 0 bridgehead atoms. The highest BCUT2D eigenvalue weighted by Crippen LogP contribution is 2.21. The number of rotatable bonds is 4. The summed E-state index contributed by atoms with van der Waals surface area (Å²) in [6.45, 7) is 5.80. The lowest BCUT2D eigenvalue weighted by Crippen LogP contribution is -2.27. The zero-order chi connectivity index (χ0) is 18.7. The number of nitrogens with zero attached hydrogens (tertiary/aromatic N) is 2. The highest BCUT2D eigenvalue weighted by Gasteiger charge is 2.20. The molecule has 0 aliphatic rings. The summed E-state index contributed by atoms with van der Waals surface area (Å²) >= 11 is 1.38. The van der Waals surface area contributed by atoms with Crippen molar-refractivity contribution in [1.82, 2.24) is 4.57 Å². The van der Waals surface area contributed by atoms with Crippen molar-refractivity contribution in [3.05, 3.63) is 64.5 Å². The summed E-state index contributed by atoms with van der Waals surface area (Å²) in [6, 6.07) is 14.4. The molecule has 2 aromatic carbocycles. The molecule has 3 rings (SSSR count). The molecule has 0 spiro atoms. The van der Waals surface area contributed by atoms with E-state index in [1.54, 1.807) is 30.5 Å². The minimum absolute atomic E-state index is 0.306. The molecule has 134 valence electrons. The number of fused-ring (bicyclic) bond motifs is 1. The average molecular weight is 368 g/mol. The molecule has 0 aliphatic heterocycles. The fourth-order valence-electron chi connectivity index (χ4n) is 2.66. The van der Waals surface area contributed by atoms with Crippen LogP contribution in [0.3, 0.4) is 0 Å². The van der Waals surface area contributed by atoms with Crippen molar-refractivity contribution < 1.29 is 14.3 Å². The SMILES string of the molecule is CCOC(=O)C(C)n1c(=NC(=O)c2ccc(C)cc2)sc2ccccc21. The summed E-state index contributed by atoms with van der Waals surface area (Å²) in [5.74, 6) is -0.679. The summed E-state index contributed by atoms with van der Waals surface area (Å²) in [7, 11) is 0. The number of para-hydroxylation sites is 1. The minimum atomic E-state index is -0.573. The highest BCUT2D eigenvalue weighted by molar-refractivity contribution is 7.16. The number of hydrogen-bond acceptors (Lipinski definition) is 4. The normalized spacial score (nSPS) is 13.0. The molecule has 6 heteroatoms. The molecule has 5 nitrogen and oxygen atoms in total. The van der Waals surface area contributed by atoms with Crippen LogP contribution >= 0.6 is 11.3 Å². The van der Waals surface area contributed by atoms with Crippen LogP contribution in [-0.4, -0.2) is 23.1 Å². The van der Waals surface area contributed by atoms with E-state index in [9.17, 15) is 9.59 Å². The maximum absolute atomic E-state index is 12.6. The second-order valence-corrected chi connectivity index (χ2v) is 6.94. The quantitative estimate of drug-likeness (QED) is 0.657.